The Kier molecular flexibility index (Phi) is 3.33. The van der Waals surface area contributed by atoms with Crippen molar-refractivity contribution in [2.24, 2.45) is 0 Å². The zero-order valence-electron chi connectivity index (χ0n) is 6.62. The fourth-order valence-electron chi connectivity index (χ4n) is 0.926. The van der Waals surface area contributed by atoms with Crippen LogP contribution >= 0.6 is 34.8 Å². The standard InChI is InChI=1S/C7H5Cl3O3S/c8-7(9,10)5-3-1-2-4-6(5)14(11,12)13/h1-4H,(H,11,12,13). The van der Waals surface area contributed by atoms with Gasteiger partial charge in [-0.1, -0.05) is 53.0 Å². The molecule has 0 spiro atoms. The molecule has 1 aromatic rings. The largest absolute Gasteiger partial charge is 0.294 e. The molecule has 0 fully saturated rings. The van der Waals surface area contributed by atoms with Crippen molar-refractivity contribution in [2.45, 2.75) is 8.69 Å². The van der Waals surface area contributed by atoms with E-state index in [-0.39, 0.29) is 5.56 Å². The van der Waals surface area contributed by atoms with E-state index in [1.807, 2.05) is 0 Å². The predicted octanol–water partition coefficient (Wildman–Crippen LogP) is 2.76. The Morgan fingerprint density at radius 1 is 1.14 bits per heavy atom. The molecular formula is C7H5Cl3O3S. The predicted molar refractivity (Wildman–Crippen MR) is 55.5 cm³/mol. The molecule has 0 aliphatic heterocycles. The highest BCUT2D eigenvalue weighted by molar-refractivity contribution is 7.85. The van der Waals surface area contributed by atoms with Crippen LogP contribution < -0.4 is 0 Å². The molecule has 78 valence electrons. The summed E-state index contributed by atoms with van der Waals surface area (Å²) in [5, 5.41) is 0. The van der Waals surface area contributed by atoms with Gasteiger partial charge in [0, 0.05) is 5.56 Å². The second-order valence-electron chi connectivity index (χ2n) is 2.47. The van der Waals surface area contributed by atoms with Crippen LogP contribution in [0.5, 0.6) is 0 Å². The summed E-state index contributed by atoms with van der Waals surface area (Å²) in [6.07, 6.45) is 0. The maximum atomic E-state index is 10.9. The minimum atomic E-state index is -4.37. The zero-order chi connectivity index (χ0) is 11.0. The van der Waals surface area contributed by atoms with Gasteiger partial charge >= 0.3 is 0 Å². The summed E-state index contributed by atoms with van der Waals surface area (Å²) in [7, 11) is -4.37. The molecule has 0 aromatic heterocycles. The SMILES string of the molecule is O=S(=O)(O)c1ccccc1C(Cl)(Cl)Cl. The summed E-state index contributed by atoms with van der Waals surface area (Å²) in [4.78, 5) is -0.403. The number of hydrogen-bond acceptors (Lipinski definition) is 2. The Labute approximate surface area is 96.3 Å². The highest BCUT2D eigenvalue weighted by Gasteiger charge is 2.29. The molecule has 0 radical (unpaired) electrons. The second-order valence-corrected chi connectivity index (χ2v) is 6.14. The van der Waals surface area contributed by atoms with Crippen LogP contribution in [0.4, 0.5) is 0 Å². The van der Waals surface area contributed by atoms with Crippen molar-refractivity contribution >= 4 is 44.9 Å². The molecule has 14 heavy (non-hydrogen) atoms. The van der Waals surface area contributed by atoms with Gasteiger partial charge in [-0.3, -0.25) is 4.55 Å². The van der Waals surface area contributed by atoms with Crippen molar-refractivity contribution in [3.8, 4) is 0 Å². The molecule has 0 aliphatic carbocycles. The number of hydrogen-bond donors (Lipinski definition) is 1. The van der Waals surface area contributed by atoms with E-state index in [1.54, 1.807) is 0 Å². The molecule has 0 aliphatic rings. The summed E-state index contributed by atoms with van der Waals surface area (Å²) in [5.41, 5.74) is -0.0764. The first-order valence-corrected chi connectivity index (χ1v) is 5.94. The molecule has 3 nitrogen and oxygen atoms in total. The molecular weight excluding hydrogens is 270 g/mol. The monoisotopic (exact) mass is 274 g/mol. The van der Waals surface area contributed by atoms with Gasteiger partial charge in [0.05, 0.1) is 0 Å². The average Bonchev–Trinajstić information content (AvgIpc) is 2.01. The lowest BCUT2D eigenvalue weighted by molar-refractivity contribution is 0.482. The molecule has 1 aromatic carbocycles. The van der Waals surface area contributed by atoms with E-state index >= 15 is 0 Å². The van der Waals surface area contributed by atoms with E-state index in [2.05, 4.69) is 0 Å². The Bertz CT molecular complexity index is 436. The molecule has 7 heteroatoms. The lowest BCUT2D eigenvalue weighted by Gasteiger charge is -2.13. The van der Waals surface area contributed by atoms with Crippen LogP contribution in [0.15, 0.2) is 29.2 Å². The van der Waals surface area contributed by atoms with E-state index in [9.17, 15) is 8.42 Å². The van der Waals surface area contributed by atoms with Crippen LogP contribution in [0.3, 0.4) is 0 Å². The molecule has 0 atom stereocenters. The first kappa shape index (κ1) is 12.1. The van der Waals surface area contributed by atoms with Crippen molar-refractivity contribution < 1.29 is 13.0 Å². The summed E-state index contributed by atoms with van der Waals surface area (Å²) in [6, 6.07) is 5.40. The first-order chi connectivity index (χ1) is 6.23. The maximum Gasteiger partial charge on any atom is 0.294 e. The van der Waals surface area contributed by atoms with Crippen LogP contribution in [0.1, 0.15) is 5.56 Å². The summed E-state index contributed by atoms with van der Waals surface area (Å²) < 4.78 is 28.7. The highest BCUT2D eigenvalue weighted by atomic mass is 35.6. The molecule has 0 bridgehead atoms. The number of rotatable bonds is 1. The van der Waals surface area contributed by atoms with Gasteiger partial charge in [-0.25, -0.2) is 0 Å². The number of alkyl halides is 3. The van der Waals surface area contributed by atoms with Gasteiger partial charge in [-0.15, -0.1) is 0 Å². The van der Waals surface area contributed by atoms with E-state index in [0.29, 0.717) is 0 Å². The van der Waals surface area contributed by atoms with E-state index in [0.717, 1.165) is 6.07 Å². The number of halogens is 3. The normalized spacial score (nSPS) is 12.9. The van der Waals surface area contributed by atoms with Crippen molar-refractivity contribution in [2.75, 3.05) is 0 Å². The minimum Gasteiger partial charge on any atom is -0.282 e. The van der Waals surface area contributed by atoms with Crippen LogP contribution in [0.2, 0.25) is 0 Å². The van der Waals surface area contributed by atoms with Crippen LogP contribution in [0, 0.1) is 0 Å². The fourth-order valence-corrected chi connectivity index (χ4v) is 2.34. The van der Waals surface area contributed by atoms with Crippen molar-refractivity contribution in [3.63, 3.8) is 0 Å². The minimum absolute atomic E-state index is 0.0764. The van der Waals surface area contributed by atoms with Crippen LogP contribution in [0.25, 0.3) is 0 Å². The summed E-state index contributed by atoms with van der Waals surface area (Å²) in [5.74, 6) is 0. The third-order valence-electron chi connectivity index (χ3n) is 1.47. The quantitative estimate of drug-likeness (QED) is 0.633. The lowest BCUT2D eigenvalue weighted by atomic mass is 10.2. The van der Waals surface area contributed by atoms with Gasteiger partial charge in [-0.05, 0) is 6.07 Å². The molecule has 0 saturated heterocycles. The van der Waals surface area contributed by atoms with Crippen LogP contribution in [-0.4, -0.2) is 13.0 Å². The van der Waals surface area contributed by atoms with Gasteiger partial charge in [0.2, 0.25) is 3.79 Å². The Morgan fingerprint density at radius 2 is 1.64 bits per heavy atom. The molecule has 0 saturated carbocycles. The second kappa shape index (κ2) is 3.87. The van der Waals surface area contributed by atoms with E-state index in [4.69, 9.17) is 39.4 Å². The van der Waals surface area contributed by atoms with Crippen molar-refractivity contribution in [1.29, 1.82) is 0 Å². The third-order valence-corrected chi connectivity index (χ3v) is 2.99. The van der Waals surface area contributed by atoms with Crippen molar-refractivity contribution in [3.05, 3.63) is 29.8 Å². The fraction of sp³-hybridized carbons (Fsp3) is 0.143. The Morgan fingerprint density at radius 3 is 2.00 bits per heavy atom. The highest BCUT2D eigenvalue weighted by Crippen LogP contribution is 2.41. The molecule has 0 unspecified atom stereocenters. The number of benzene rings is 1. The van der Waals surface area contributed by atoms with Gasteiger partial charge in [0.1, 0.15) is 4.90 Å². The van der Waals surface area contributed by atoms with E-state index < -0.39 is 18.8 Å². The van der Waals surface area contributed by atoms with Gasteiger partial charge < -0.3 is 0 Å². The Hall–Kier alpha value is -0.000000000000000111. The zero-order valence-corrected chi connectivity index (χ0v) is 9.70. The summed E-state index contributed by atoms with van der Waals surface area (Å²) >= 11 is 16.6. The molecule has 1 rings (SSSR count). The summed E-state index contributed by atoms with van der Waals surface area (Å²) in [6.45, 7) is 0. The Balaban J connectivity index is 3.47. The molecule has 0 heterocycles. The third kappa shape index (κ3) is 2.74. The molecule has 0 amide bonds. The lowest BCUT2D eigenvalue weighted by Crippen LogP contribution is -2.09. The van der Waals surface area contributed by atoms with Gasteiger partial charge in [0.15, 0.2) is 0 Å². The van der Waals surface area contributed by atoms with Crippen LogP contribution in [-0.2, 0) is 13.9 Å². The van der Waals surface area contributed by atoms with Crippen molar-refractivity contribution in [1.82, 2.24) is 0 Å². The van der Waals surface area contributed by atoms with Gasteiger partial charge in [0.25, 0.3) is 10.1 Å². The van der Waals surface area contributed by atoms with E-state index in [1.165, 1.54) is 18.2 Å². The maximum absolute atomic E-state index is 10.9. The smallest absolute Gasteiger partial charge is 0.282 e. The van der Waals surface area contributed by atoms with Gasteiger partial charge in [-0.2, -0.15) is 8.42 Å². The first-order valence-electron chi connectivity index (χ1n) is 3.36. The topological polar surface area (TPSA) is 54.4 Å². The average molecular weight is 276 g/mol. The molecule has 1 N–H and O–H groups in total.